The van der Waals surface area contributed by atoms with Crippen LogP contribution in [-0.2, 0) is 6.42 Å². The van der Waals surface area contributed by atoms with Gasteiger partial charge in [0.1, 0.15) is 11.6 Å². The molecule has 1 aromatic rings. The normalized spacial score (nSPS) is 10.8. The van der Waals surface area contributed by atoms with E-state index < -0.39 is 0 Å². The van der Waals surface area contributed by atoms with Gasteiger partial charge in [-0.05, 0) is 52.0 Å². The second-order valence-corrected chi connectivity index (χ2v) is 4.09. The summed E-state index contributed by atoms with van der Waals surface area (Å²) in [7, 11) is 4.10. The Hall–Kier alpha value is -1.09. The van der Waals surface area contributed by atoms with Crippen LogP contribution in [0.15, 0.2) is 18.2 Å². The van der Waals surface area contributed by atoms with Gasteiger partial charge >= 0.3 is 0 Å². The molecule has 0 saturated carbocycles. The summed E-state index contributed by atoms with van der Waals surface area (Å²) in [5.41, 5.74) is 1.09. The van der Waals surface area contributed by atoms with Gasteiger partial charge in [-0.2, -0.15) is 0 Å². The fraction of sp³-hybridized carbons (Fsp3) is 0.538. The second-order valence-electron chi connectivity index (χ2n) is 4.09. The highest BCUT2D eigenvalue weighted by Crippen LogP contribution is 2.21. The Labute approximate surface area is 97.0 Å². The molecule has 0 heterocycles. The number of rotatable bonds is 6. The quantitative estimate of drug-likeness (QED) is 0.738. The van der Waals surface area contributed by atoms with Crippen LogP contribution in [0.5, 0.6) is 5.75 Å². The van der Waals surface area contributed by atoms with Crippen LogP contribution in [0, 0.1) is 5.82 Å². The summed E-state index contributed by atoms with van der Waals surface area (Å²) in [6, 6.07) is 4.78. The molecule has 0 N–H and O–H groups in total. The van der Waals surface area contributed by atoms with Crippen LogP contribution in [0.2, 0.25) is 0 Å². The van der Waals surface area contributed by atoms with Crippen LogP contribution < -0.4 is 4.74 Å². The molecular weight excluding hydrogens is 205 g/mol. The minimum absolute atomic E-state index is 0.236. The van der Waals surface area contributed by atoms with Crippen molar-refractivity contribution in [3.05, 3.63) is 29.6 Å². The molecular formula is C13H20FNO. The van der Waals surface area contributed by atoms with E-state index in [-0.39, 0.29) is 5.82 Å². The van der Waals surface area contributed by atoms with E-state index in [1.165, 1.54) is 12.1 Å². The predicted molar refractivity (Wildman–Crippen MR) is 64.4 cm³/mol. The number of halogens is 1. The van der Waals surface area contributed by atoms with Crippen LogP contribution in [-0.4, -0.2) is 32.1 Å². The number of nitrogens with zero attached hydrogens (tertiary/aromatic N) is 1. The summed E-state index contributed by atoms with van der Waals surface area (Å²) in [6.45, 7) is 3.52. The van der Waals surface area contributed by atoms with Gasteiger partial charge in [0.05, 0.1) is 6.61 Å². The van der Waals surface area contributed by atoms with E-state index >= 15 is 0 Å². The molecule has 0 amide bonds. The fourth-order valence-corrected chi connectivity index (χ4v) is 1.61. The Morgan fingerprint density at radius 1 is 1.31 bits per heavy atom. The Balaban J connectivity index is 2.63. The number of hydrogen-bond acceptors (Lipinski definition) is 2. The molecule has 0 aliphatic carbocycles. The summed E-state index contributed by atoms with van der Waals surface area (Å²) in [5, 5.41) is 0. The monoisotopic (exact) mass is 225 g/mol. The Bertz CT molecular complexity index is 326. The van der Waals surface area contributed by atoms with Crippen molar-refractivity contribution in [1.29, 1.82) is 0 Å². The highest BCUT2D eigenvalue weighted by atomic mass is 19.1. The summed E-state index contributed by atoms with van der Waals surface area (Å²) < 4.78 is 18.5. The highest BCUT2D eigenvalue weighted by molar-refractivity contribution is 5.34. The Morgan fingerprint density at radius 3 is 2.69 bits per heavy atom. The third-order valence-electron chi connectivity index (χ3n) is 2.38. The van der Waals surface area contributed by atoms with E-state index in [1.807, 2.05) is 27.1 Å². The first-order valence-corrected chi connectivity index (χ1v) is 5.69. The molecule has 1 rings (SSSR count). The number of aryl methyl sites for hydroxylation is 1. The molecule has 0 aromatic heterocycles. The lowest BCUT2D eigenvalue weighted by Gasteiger charge is -2.12. The van der Waals surface area contributed by atoms with Gasteiger partial charge in [-0.15, -0.1) is 0 Å². The van der Waals surface area contributed by atoms with Crippen molar-refractivity contribution in [3.63, 3.8) is 0 Å². The van der Waals surface area contributed by atoms with Crippen LogP contribution in [0.3, 0.4) is 0 Å². The smallest absolute Gasteiger partial charge is 0.126 e. The summed E-state index contributed by atoms with van der Waals surface area (Å²) in [6.07, 6.45) is 1.98. The van der Waals surface area contributed by atoms with Gasteiger partial charge in [0.25, 0.3) is 0 Å². The van der Waals surface area contributed by atoms with Crippen molar-refractivity contribution in [2.75, 3.05) is 27.2 Å². The lowest BCUT2D eigenvalue weighted by Crippen LogP contribution is -2.13. The predicted octanol–water partition coefficient (Wildman–Crippen LogP) is 2.72. The fourth-order valence-electron chi connectivity index (χ4n) is 1.61. The van der Waals surface area contributed by atoms with E-state index in [1.54, 1.807) is 0 Å². The topological polar surface area (TPSA) is 12.5 Å². The van der Waals surface area contributed by atoms with Crippen molar-refractivity contribution in [2.45, 2.75) is 19.8 Å². The SMILES string of the molecule is CCOc1cc(F)ccc1CCCN(C)C. The van der Waals surface area contributed by atoms with Crippen molar-refractivity contribution in [2.24, 2.45) is 0 Å². The Morgan fingerprint density at radius 2 is 2.06 bits per heavy atom. The van der Waals surface area contributed by atoms with Crippen LogP contribution in [0.4, 0.5) is 4.39 Å². The molecule has 0 unspecified atom stereocenters. The first kappa shape index (κ1) is 13.0. The van der Waals surface area contributed by atoms with Crippen LogP contribution >= 0.6 is 0 Å². The molecule has 0 spiro atoms. The maximum Gasteiger partial charge on any atom is 0.126 e. The molecule has 2 nitrogen and oxygen atoms in total. The molecule has 0 aliphatic heterocycles. The number of benzene rings is 1. The third-order valence-corrected chi connectivity index (χ3v) is 2.38. The zero-order valence-corrected chi connectivity index (χ0v) is 10.3. The average Bonchev–Trinajstić information content (AvgIpc) is 2.21. The van der Waals surface area contributed by atoms with Gasteiger partial charge in [-0.25, -0.2) is 4.39 Å². The van der Waals surface area contributed by atoms with E-state index in [0.29, 0.717) is 12.4 Å². The first-order valence-electron chi connectivity index (χ1n) is 5.69. The molecule has 3 heteroatoms. The number of hydrogen-bond donors (Lipinski definition) is 0. The van der Waals surface area contributed by atoms with Gasteiger partial charge in [-0.3, -0.25) is 0 Å². The van der Waals surface area contributed by atoms with Gasteiger partial charge in [-0.1, -0.05) is 6.07 Å². The standard InChI is InChI=1S/C13H20FNO/c1-4-16-13-10-12(14)8-7-11(13)6-5-9-15(2)3/h7-8,10H,4-6,9H2,1-3H3. The zero-order valence-electron chi connectivity index (χ0n) is 10.3. The molecule has 0 radical (unpaired) electrons. The Kier molecular flexibility index (Phi) is 5.26. The second kappa shape index (κ2) is 6.48. The largest absolute Gasteiger partial charge is 0.493 e. The molecule has 0 fully saturated rings. The van der Waals surface area contributed by atoms with E-state index in [4.69, 9.17) is 4.74 Å². The van der Waals surface area contributed by atoms with E-state index in [9.17, 15) is 4.39 Å². The lowest BCUT2D eigenvalue weighted by atomic mass is 10.1. The summed E-state index contributed by atoms with van der Waals surface area (Å²) in [4.78, 5) is 2.14. The average molecular weight is 225 g/mol. The van der Waals surface area contributed by atoms with Crippen molar-refractivity contribution < 1.29 is 9.13 Å². The lowest BCUT2D eigenvalue weighted by molar-refractivity contribution is 0.332. The number of ether oxygens (including phenoxy) is 1. The van der Waals surface area contributed by atoms with Gasteiger partial charge in [0.15, 0.2) is 0 Å². The van der Waals surface area contributed by atoms with Gasteiger partial charge in [0, 0.05) is 6.07 Å². The maximum atomic E-state index is 13.0. The summed E-state index contributed by atoms with van der Waals surface area (Å²) in [5.74, 6) is 0.445. The van der Waals surface area contributed by atoms with Crippen molar-refractivity contribution in [3.8, 4) is 5.75 Å². The first-order chi connectivity index (χ1) is 7.63. The van der Waals surface area contributed by atoms with Gasteiger partial charge < -0.3 is 9.64 Å². The zero-order chi connectivity index (χ0) is 12.0. The molecule has 16 heavy (non-hydrogen) atoms. The minimum Gasteiger partial charge on any atom is -0.493 e. The molecule has 0 saturated heterocycles. The van der Waals surface area contributed by atoms with Crippen molar-refractivity contribution >= 4 is 0 Å². The minimum atomic E-state index is -0.236. The van der Waals surface area contributed by atoms with E-state index in [2.05, 4.69) is 4.90 Å². The molecule has 1 aromatic carbocycles. The molecule has 0 atom stereocenters. The third kappa shape index (κ3) is 4.19. The van der Waals surface area contributed by atoms with Crippen LogP contribution in [0.1, 0.15) is 18.9 Å². The molecule has 0 bridgehead atoms. The maximum absolute atomic E-state index is 13.0. The van der Waals surface area contributed by atoms with E-state index in [0.717, 1.165) is 24.9 Å². The summed E-state index contributed by atoms with van der Waals surface area (Å²) >= 11 is 0. The molecule has 90 valence electrons. The molecule has 0 aliphatic rings. The van der Waals surface area contributed by atoms with Crippen molar-refractivity contribution in [1.82, 2.24) is 4.90 Å². The van der Waals surface area contributed by atoms with Gasteiger partial charge in [0.2, 0.25) is 0 Å². The highest BCUT2D eigenvalue weighted by Gasteiger charge is 2.05. The van der Waals surface area contributed by atoms with Crippen LogP contribution in [0.25, 0.3) is 0 Å².